The molecule has 0 fully saturated rings. The molecule has 1 aromatic rings. The lowest BCUT2D eigenvalue weighted by Gasteiger charge is -2.21. The number of nitrogens with zero attached hydrogens (tertiary/aromatic N) is 1. The molecule has 0 unspecified atom stereocenters. The van der Waals surface area contributed by atoms with Gasteiger partial charge in [0, 0.05) is 37.9 Å². The van der Waals surface area contributed by atoms with Crippen molar-refractivity contribution in [3.8, 4) is 0 Å². The first-order valence-electron chi connectivity index (χ1n) is 9.02. The molecule has 0 radical (unpaired) electrons. The molecule has 0 heterocycles. The number of hydrogen-bond acceptors (Lipinski definition) is 3. The van der Waals surface area contributed by atoms with Gasteiger partial charge in [-0.2, -0.15) is 0 Å². The number of benzene rings is 1. The Morgan fingerprint density at radius 2 is 1.65 bits per heavy atom. The zero-order valence-electron chi connectivity index (χ0n) is 15.7. The van der Waals surface area contributed by atoms with E-state index < -0.39 is 0 Å². The minimum atomic E-state index is -0.236. The summed E-state index contributed by atoms with van der Waals surface area (Å²) >= 11 is 5.96. The molecule has 3 amide bonds. The molecule has 0 aliphatic carbocycles. The van der Waals surface area contributed by atoms with E-state index in [1.807, 2.05) is 18.7 Å². The molecule has 0 aromatic heterocycles. The van der Waals surface area contributed by atoms with Crippen molar-refractivity contribution in [2.75, 3.05) is 23.7 Å². The van der Waals surface area contributed by atoms with Gasteiger partial charge in [0.05, 0.1) is 11.4 Å². The molecule has 0 bridgehead atoms. The first kappa shape index (κ1) is 22.0. The minimum Gasteiger partial charge on any atom is -0.343 e. The summed E-state index contributed by atoms with van der Waals surface area (Å²) in [5, 5.41) is 5.85. The number of carbonyl (C=O) groups excluding carboxylic acids is 3. The monoisotopic (exact) mass is 381 g/mol. The summed E-state index contributed by atoms with van der Waals surface area (Å²) in [4.78, 5) is 37.5. The van der Waals surface area contributed by atoms with Crippen LogP contribution in [0.2, 0.25) is 5.02 Å². The first-order valence-corrected chi connectivity index (χ1v) is 9.39. The van der Waals surface area contributed by atoms with E-state index in [-0.39, 0.29) is 24.1 Å². The highest BCUT2D eigenvalue weighted by atomic mass is 35.5. The Morgan fingerprint density at radius 3 is 2.23 bits per heavy atom. The molecule has 0 saturated heterocycles. The normalized spacial score (nSPS) is 10.3. The standard InChI is InChI=1S/C19H28ClN3O3/c1-4-11-23(12-5-2)19(26)8-6-7-18(25)22-17-13-15(20)9-10-16(17)21-14(3)24/h9-10,13H,4-8,11-12H2,1-3H3,(H,21,24)(H,22,25). The van der Waals surface area contributed by atoms with Gasteiger partial charge in [-0.05, 0) is 37.5 Å². The number of carbonyl (C=O) groups is 3. The van der Waals surface area contributed by atoms with Gasteiger partial charge in [-0.15, -0.1) is 0 Å². The molecule has 1 aromatic carbocycles. The predicted octanol–water partition coefficient (Wildman–Crippen LogP) is 4.06. The zero-order chi connectivity index (χ0) is 19.5. The molecule has 26 heavy (non-hydrogen) atoms. The number of rotatable bonds is 10. The largest absolute Gasteiger partial charge is 0.343 e. The smallest absolute Gasteiger partial charge is 0.224 e. The van der Waals surface area contributed by atoms with E-state index in [0.29, 0.717) is 29.2 Å². The summed E-state index contributed by atoms with van der Waals surface area (Å²) in [5.74, 6) is -0.368. The van der Waals surface area contributed by atoms with E-state index in [1.165, 1.54) is 6.92 Å². The second kappa shape index (κ2) is 11.5. The average Bonchev–Trinajstić information content (AvgIpc) is 2.56. The second-order valence-corrected chi connectivity index (χ2v) is 6.59. The highest BCUT2D eigenvalue weighted by Gasteiger charge is 2.13. The Balaban J connectivity index is 2.55. The highest BCUT2D eigenvalue weighted by molar-refractivity contribution is 6.31. The van der Waals surface area contributed by atoms with Crippen LogP contribution < -0.4 is 10.6 Å². The number of anilines is 2. The van der Waals surface area contributed by atoms with Crippen LogP contribution in [0.1, 0.15) is 52.9 Å². The van der Waals surface area contributed by atoms with Crippen molar-refractivity contribution in [2.24, 2.45) is 0 Å². The minimum absolute atomic E-state index is 0.0863. The van der Waals surface area contributed by atoms with Crippen LogP contribution >= 0.6 is 11.6 Å². The number of halogens is 1. The Hall–Kier alpha value is -2.08. The third-order valence-electron chi connectivity index (χ3n) is 3.70. The quantitative estimate of drug-likeness (QED) is 0.641. The zero-order valence-corrected chi connectivity index (χ0v) is 16.5. The lowest BCUT2D eigenvalue weighted by atomic mass is 10.2. The fourth-order valence-corrected chi connectivity index (χ4v) is 2.76. The third kappa shape index (κ3) is 7.87. The third-order valence-corrected chi connectivity index (χ3v) is 3.94. The van der Waals surface area contributed by atoms with Gasteiger partial charge in [-0.25, -0.2) is 0 Å². The van der Waals surface area contributed by atoms with Crippen molar-refractivity contribution >= 4 is 40.7 Å². The van der Waals surface area contributed by atoms with Crippen LogP contribution in [0.5, 0.6) is 0 Å². The molecule has 0 atom stereocenters. The second-order valence-electron chi connectivity index (χ2n) is 6.15. The van der Waals surface area contributed by atoms with Gasteiger partial charge < -0.3 is 15.5 Å². The molecule has 6 nitrogen and oxygen atoms in total. The topological polar surface area (TPSA) is 78.5 Å². The summed E-state index contributed by atoms with van der Waals surface area (Å²) in [6.45, 7) is 6.98. The van der Waals surface area contributed by atoms with Crippen molar-refractivity contribution in [3.63, 3.8) is 0 Å². The molecular formula is C19H28ClN3O3. The van der Waals surface area contributed by atoms with Crippen molar-refractivity contribution in [3.05, 3.63) is 23.2 Å². The van der Waals surface area contributed by atoms with E-state index >= 15 is 0 Å². The van der Waals surface area contributed by atoms with Crippen molar-refractivity contribution < 1.29 is 14.4 Å². The van der Waals surface area contributed by atoms with Crippen molar-refractivity contribution in [1.29, 1.82) is 0 Å². The number of hydrogen-bond donors (Lipinski definition) is 2. The van der Waals surface area contributed by atoms with Gasteiger partial charge in [0.1, 0.15) is 0 Å². The van der Waals surface area contributed by atoms with Gasteiger partial charge in [-0.3, -0.25) is 14.4 Å². The number of amides is 3. The fraction of sp³-hybridized carbons (Fsp3) is 0.526. The van der Waals surface area contributed by atoms with Crippen LogP contribution in [-0.4, -0.2) is 35.7 Å². The molecule has 144 valence electrons. The Morgan fingerprint density at radius 1 is 1.00 bits per heavy atom. The van der Waals surface area contributed by atoms with E-state index in [9.17, 15) is 14.4 Å². The Labute approximate surface area is 160 Å². The molecule has 7 heteroatoms. The molecule has 0 aliphatic heterocycles. The SMILES string of the molecule is CCCN(CCC)C(=O)CCCC(=O)Nc1cc(Cl)ccc1NC(C)=O. The highest BCUT2D eigenvalue weighted by Crippen LogP contribution is 2.26. The van der Waals surface area contributed by atoms with Gasteiger partial charge in [-0.1, -0.05) is 25.4 Å². The van der Waals surface area contributed by atoms with Crippen LogP contribution in [0.15, 0.2) is 18.2 Å². The van der Waals surface area contributed by atoms with Crippen LogP contribution in [0.25, 0.3) is 0 Å². The maximum Gasteiger partial charge on any atom is 0.224 e. The molecule has 2 N–H and O–H groups in total. The molecular weight excluding hydrogens is 354 g/mol. The summed E-state index contributed by atoms with van der Waals surface area (Å²) < 4.78 is 0. The van der Waals surface area contributed by atoms with Crippen LogP contribution in [0, 0.1) is 0 Å². The maximum absolute atomic E-state index is 12.2. The van der Waals surface area contributed by atoms with Gasteiger partial charge >= 0.3 is 0 Å². The van der Waals surface area contributed by atoms with Crippen LogP contribution in [0.3, 0.4) is 0 Å². The van der Waals surface area contributed by atoms with Crippen LogP contribution in [-0.2, 0) is 14.4 Å². The lowest BCUT2D eigenvalue weighted by Crippen LogP contribution is -2.32. The van der Waals surface area contributed by atoms with Gasteiger partial charge in [0.25, 0.3) is 0 Å². The summed E-state index contributed by atoms with van der Waals surface area (Å²) in [6, 6.07) is 4.85. The summed E-state index contributed by atoms with van der Waals surface area (Å²) in [5.41, 5.74) is 0.936. The summed E-state index contributed by atoms with van der Waals surface area (Å²) in [6.07, 6.45) is 2.90. The molecule has 0 saturated carbocycles. The Kier molecular flexibility index (Phi) is 9.73. The van der Waals surface area contributed by atoms with E-state index in [2.05, 4.69) is 10.6 Å². The van der Waals surface area contributed by atoms with Crippen molar-refractivity contribution in [2.45, 2.75) is 52.9 Å². The summed E-state index contributed by atoms with van der Waals surface area (Å²) in [7, 11) is 0. The molecule has 0 spiro atoms. The van der Waals surface area contributed by atoms with E-state index in [1.54, 1.807) is 18.2 Å². The average molecular weight is 382 g/mol. The van der Waals surface area contributed by atoms with E-state index in [0.717, 1.165) is 25.9 Å². The first-order chi connectivity index (χ1) is 12.4. The van der Waals surface area contributed by atoms with Gasteiger partial charge in [0.2, 0.25) is 17.7 Å². The van der Waals surface area contributed by atoms with Crippen molar-refractivity contribution in [1.82, 2.24) is 4.90 Å². The Bertz CT molecular complexity index is 628. The fourth-order valence-electron chi connectivity index (χ4n) is 2.59. The van der Waals surface area contributed by atoms with Crippen LogP contribution in [0.4, 0.5) is 11.4 Å². The predicted molar refractivity (Wildman–Crippen MR) is 105 cm³/mol. The van der Waals surface area contributed by atoms with E-state index in [4.69, 9.17) is 11.6 Å². The lowest BCUT2D eigenvalue weighted by molar-refractivity contribution is -0.131. The molecule has 1 rings (SSSR count). The number of nitrogens with one attached hydrogen (secondary N) is 2. The van der Waals surface area contributed by atoms with Gasteiger partial charge in [0.15, 0.2) is 0 Å². The molecule has 0 aliphatic rings. The maximum atomic E-state index is 12.2.